The fourth-order valence-corrected chi connectivity index (χ4v) is 3.86. The molecule has 1 aromatic carbocycles. The van der Waals surface area contributed by atoms with Crippen LogP contribution in [0.15, 0.2) is 22.7 Å². The van der Waals surface area contributed by atoms with Crippen LogP contribution in [0.2, 0.25) is 5.02 Å². The Morgan fingerprint density at radius 2 is 2.05 bits per heavy atom. The van der Waals surface area contributed by atoms with Gasteiger partial charge >= 0.3 is 0 Å². The first kappa shape index (κ1) is 15.3. The number of rotatable bonds is 4. The predicted octanol–water partition coefficient (Wildman–Crippen LogP) is 4.79. The second-order valence-corrected chi connectivity index (χ2v) is 6.92. The fraction of sp³-hybridized carbons (Fsp3) is 0.500. The maximum absolute atomic E-state index is 12.2. The van der Waals surface area contributed by atoms with Crippen LogP contribution in [-0.4, -0.2) is 17.8 Å². The largest absolute Gasteiger partial charge is 0.351 e. The number of hydrogen-bond donors (Lipinski definition) is 1. The third-order valence-electron chi connectivity index (χ3n) is 3.77. The first-order valence-corrected chi connectivity index (χ1v) is 8.65. The van der Waals surface area contributed by atoms with E-state index in [9.17, 15) is 4.79 Å². The Bertz CT molecular complexity index is 473. The van der Waals surface area contributed by atoms with Crippen LogP contribution in [0, 0.1) is 5.41 Å². The van der Waals surface area contributed by atoms with Gasteiger partial charge in [-0.25, -0.2) is 0 Å². The van der Waals surface area contributed by atoms with E-state index in [1.54, 1.807) is 6.07 Å². The predicted molar refractivity (Wildman–Crippen MR) is 86.2 cm³/mol. The van der Waals surface area contributed by atoms with Crippen molar-refractivity contribution in [1.29, 1.82) is 0 Å². The lowest BCUT2D eigenvalue weighted by Gasteiger charge is -2.26. The molecule has 104 valence electrons. The summed E-state index contributed by atoms with van der Waals surface area (Å²) in [7, 11) is 0. The van der Waals surface area contributed by atoms with E-state index in [2.05, 4.69) is 37.2 Å². The van der Waals surface area contributed by atoms with Gasteiger partial charge in [-0.2, -0.15) is 0 Å². The molecule has 0 spiro atoms. The number of hydrogen-bond acceptors (Lipinski definition) is 1. The maximum Gasteiger partial charge on any atom is 0.252 e. The van der Waals surface area contributed by atoms with Crippen molar-refractivity contribution in [2.45, 2.75) is 25.7 Å². The summed E-state index contributed by atoms with van der Waals surface area (Å²) in [6.45, 7) is 0.708. The number of benzene rings is 1. The first-order chi connectivity index (χ1) is 9.08. The molecule has 0 bridgehead atoms. The molecule has 0 unspecified atom stereocenters. The minimum atomic E-state index is -0.0986. The molecule has 0 aliphatic heterocycles. The molecule has 0 atom stereocenters. The SMILES string of the molecule is O=C(NCC1(CBr)CCCC1)c1cccc(Br)c1Cl. The van der Waals surface area contributed by atoms with Gasteiger partial charge < -0.3 is 5.32 Å². The van der Waals surface area contributed by atoms with Crippen molar-refractivity contribution in [1.82, 2.24) is 5.32 Å². The third kappa shape index (κ3) is 3.53. The molecule has 0 heterocycles. The highest BCUT2D eigenvalue weighted by Gasteiger charge is 2.33. The van der Waals surface area contributed by atoms with Crippen LogP contribution in [0.4, 0.5) is 0 Å². The zero-order chi connectivity index (χ0) is 13.9. The van der Waals surface area contributed by atoms with E-state index < -0.39 is 0 Å². The second kappa shape index (κ2) is 6.59. The lowest BCUT2D eigenvalue weighted by atomic mass is 9.89. The van der Waals surface area contributed by atoms with Crippen molar-refractivity contribution in [2.24, 2.45) is 5.41 Å². The van der Waals surface area contributed by atoms with E-state index in [-0.39, 0.29) is 11.3 Å². The molecular weight excluding hydrogens is 393 g/mol. The summed E-state index contributed by atoms with van der Waals surface area (Å²) in [6, 6.07) is 5.40. The number of halogens is 3. The molecule has 5 heteroatoms. The molecule has 1 N–H and O–H groups in total. The van der Waals surface area contributed by atoms with Crippen molar-refractivity contribution >= 4 is 49.4 Å². The zero-order valence-corrected chi connectivity index (χ0v) is 14.4. The van der Waals surface area contributed by atoms with Gasteiger partial charge in [-0.1, -0.05) is 46.4 Å². The van der Waals surface area contributed by atoms with E-state index in [4.69, 9.17) is 11.6 Å². The minimum Gasteiger partial charge on any atom is -0.351 e. The lowest BCUT2D eigenvalue weighted by Crippen LogP contribution is -2.37. The average molecular weight is 410 g/mol. The zero-order valence-electron chi connectivity index (χ0n) is 10.5. The van der Waals surface area contributed by atoms with Gasteiger partial charge in [-0.05, 0) is 46.3 Å². The number of nitrogens with one attached hydrogen (secondary N) is 1. The van der Waals surface area contributed by atoms with Crippen LogP contribution in [-0.2, 0) is 0 Å². The molecule has 2 nitrogen and oxygen atoms in total. The van der Waals surface area contributed by atoms with Crippen LogP contribution in [0.25, 0.3) is 0 Å². The molecule has 1 saturated carbocycles. The summed E-state index contributed by atoms with van der Waals surface area (Å²) >= 11 is 13.1. The summed E-state index contributed by atoms with van der Waals surface area (Å²) in [5.74, 6) is -0.0986. The second-order valence-electron chi connectivity index (χ2n) is 5.12. The molecule has 19 heavy (non-hydrogen) atoms. The fourth-order valence-electron chi connectivity index (χ4n) is 2.52. The van der Waals surface area contributed by atoms with Gasteiger partial charge in [-0.15, -0.1) is 0 Å². The summed E-state index contributed by atoms with van der Waals surface area (Å²) in [6.07, 6.45) is 4.84. The van der Waals surface area contributed by atoms with E-state index in [0.29, 0.717) is 17.1 Å². The van der Waals surface area contributed by atoms with Crippen molar-refractivity contribution in [3.63, 3.8) is 0 Å². The third-order valence-corrected chi connectivity index (χ3v) is 6.25. The monoisotopic (exact) mass is 407 g/mol. The molecular formula is C14H16Br2ClNO. The Morgan fingerprint density at radius 3 is 2.68 bits per heavy atom. The van der Waals surface area contributed by atoms with Gasteiger partial charge in [0.15, 0.2) is 0 Å². The maximum atomic E-state index is 12.2. The van der Waals surface area contributed by atoms with Crippen LogP contribution in [0.5, 0.6) is 0 Å². The van der Waals surface area contributed by atoms with Gasteiger partial charge in [0.05, 0.1) is 10.6 Å². The molecule has 1 aromatic rings. The highest BCUT2D eigenvalue weighted by atomic mass is 79.9. The molecule has 2 rings (SSSR count). The quantitative estimate of drug-likeness (QED) is 0.712. The van der Waals surface area contributed by atoms with Crippen molar-refractivity contribution < 1.29 is 4.79 Å². The van der Waals surface area contributed by atoms with Gasteiger partial charge in [0.25, 0.3) is 5.91 Å². The summed E-state index contributed by atoms with van der Waals surface area (Å²) in [5.41, 5.74) is 0.743. The van der Waals surface area contributed by atoms with Crippen molar-refractivity contribution in [3.05, 3.63) is 33.3 Å². The highest BCUT2D eigenvalue weighted by Crippen LogP contribution is 2.39. The number of alkyl halides is 1. The Balaban J connectivity index is 2.03. The molecule has 0 saturated heterocycles. The molecule has 1 amide bonds. The smallest absolute Gasteiger partial charge is 0.252 e. The van der Waals surface area contributed by atoms with E-state index >= 15 is 0 Å². The molecule has 1 aliphatic carbocycles. The minimum absolute atomic E-state index is 0.0986. The van der Waals surface area contributed by atoms with Gasteiger partial charge in [0.2, 0.25) is 0 Å². The summed E-state index contributed by atoms with van der Waals surface area (Å²) in [4.78, 5) is 12.2. The molecule has 1 aliphatic rings. The lowest BCUT2D eigenvalue weighted by molar-refractivity contribution is 0.0935. The Morgan fingerprint density at radius 1 is 1.37 bits per heavy atom. The topological polar surface area (TPSA) is 29.1 Å². The van der Waals surface area contributed by atoms with Gasteiger partial charge in [-0.3, -0.25) is 4.79 Å². The van der Waals surface area contributed by atoms with Gasteiger partial charge in [0, 0.05) is 16.3 Å². The van der Waals surface area contributed by atoms with E-state index in [1.807, 2.05) is 12.1 Å². The van der Waals surface area contributed by atoms with Crippen molar-refractivity contribution in [3.8, 4) is 0 Å². The number of carbonyl (C=O) groups excluding carboxylic acids is 1. The number of amides is 1. The van der Waals surface area contributed by atoms with Crippen LogP contribution >= 0.6 is 43.5 Å². The van der Waals surface area contributed by atoms with E-state index in [0.717, 1.165) is 9.80 Å². The summed E-state index contributed by atoms with van der Waals surface area (Å²) < 4.78 is 0.748. The summed E-state index contributed by atoms with van der Waals surface area (Å²) in [5, 5.41) is 4.44. The average Bonchev–Trinajstić information content (AvgIpc) is 2.89. The van der Waals surface area contributed by atoms with Crippen LogP contribution in [0.3, 0.4) is 0 Å². The standard InChI is InChI=1S/C14H16Br2ClNO/c15-8-14(6-1-2-7-14)9-18-13(19)10-4-3-5-11(16)12(10)17/h3-5H,1-2,6-9H2,(H,18,19). The molecule has 0 radical (unpaired) electrons. The highest BCUT2D eigenvalue weighted by molar-refractivity contribution is 9.10. The Kier molecular flexibility index (Phi) is 5.32. The normalized spacial score (nSPS) is 17.4. The first-order valence-electron chi connectivity index (χ1n) is 6.36. The van der Waals surface area contributed by atoms with Crippen LogP contribution < -0.4 is 5.32 Å². The molecule has 0 aromatic heterocycles. The van der Waals surface area contributed by atoms with Gasteiger partial charge in [0.1, 0.15) is 0 Å². The van der Waals surface area contributed by atoms with E-state index in [1.165, 1.54) is 25.7 Å². The van der Waals surface area contributed by atoms with Crippen molar-refractivity contribution in [2.75, 3.05) is 11.9 Å². The van der Waals surface area contributed by atoms with Crippen LogP contribution in [0.1, 0.15) is 36.0 Å². The molecule has 1 fully saturated rings. The Labute approximate surface area is 135 Å². The Hall–Kier alpha value is -0.0600. The number of carbonyl (C=O) groups is 1.